The molecular weight excluding hydrogens is 278 g/mol. The summed E-state index contributed by atoms with van der Waals surface area (Å²) in [6, 6.07) is 1.72. The van der Waals surface area contributed by atoms with Gasteiger partial charge in [0.25, 0.3) is 5.56 Å². The second-order valence-corrected chi connectivity index (χ2v) is 5.26. The highest BCUT2D eigenvalue weighted by atomic mass is 32.1. The van der Waals surface area contributed by atoms with E-state index in [1.165, 1.54) is 22.2 Å². The fraction of sp³-hybridized carbons (Fsp3) is 0.462. The summed E-state index contributed by atoms with van der Waals surface area (Å²) >= 11 is 1.40. The molecule has 0 atom stereocenters. The number of carbonyl (C=O) groups excluding carboxylic acids is 1. The van der Waals surface area contributed by atoms with Crippen LogP contribution in [0.25, 0.3) is 10.2 Å². The van der Waals surface area contributed by atoms with E-state index in [9.17, 15) is 9.59 Å². The Bertz CT molecular complexity index is 650. The van der Waals surface area contributed by atoms with Crippen molar-refractivity contribution < 1.29 is 9.90 Å². The highest BCUT2D eigenvalue weighted by Crippen LogP contribution is 2.13. The maximum atomic E-state index is 12.2. The van der Waals surface area contributed by atoms with Crippen LogP contribution in [0.1, 0.15) is 13.3 Å². The Morgan fingerprint density at radius 1 is 1.55 bits per heavy atom. The normalized spacial score (nSPS) is 10.9. The highest BCUT2D eigenvalue weighted by Gasteiger charge is 2.14. The van der Waals surface area contributed by atoms with Crippen LogP contribution >= 0.6 is 11.3 Å². The Balaban J connectivity index is 2.16. The van der Waals surface area contributed by atoms with Gasteiger partial charge in [0, 0.05) is 19.7 Å². The summed E-state index contributed by atoms with van der Waals surface area (Å²) in [7, 11) is 0. The number of likely N-dealkylation sites (N-methyl/N-ethyl adjacent to an activating group) is 1. The Kier molecular flexibility index (Phi) is 4.86. The monoisotopic (exact) mass is 295 g/mol. The average Bonchev–Trinajstić information content (AvgIpc) is 2.92. The number of fused-ring (bicyclic) bond motifs is 1. The molecule has 0 aromatic carbocycles. The number of nitrogens with zero attached hydrogens (tertiary/aromatic N) is 3. The number of carbonyl (C=O) groups is 1. The van der Waals surface area contributed by atoms with Gasteiger partial charge < -0.3 is 10.0 Å². The molecule has 0 radical (unpaired) electrons. The number of aliphatic hydroxyl groups excluding tert-OH is 1. The van der Waals surface area contributed by atoms with Gasteiger partial charge in [0.15, 0.2) is 0 Å². The van der Waals surface area contributed by atoms with Crippen molar-refractivity contribution >= 4 is 27.5 Å². The van der Waals surface area contributed by atoms with Crippen molar-refractivity contribution in [2.24, 2.45) is 0 Å². The number of hydrogen-bond acceptors (Lipinski definition) is 5. The van der Waals surface area contributed by atoms with Crippen LogP contribution < -0.4 is 5.56 Å². The van der Waals surface area contributed by atoms with Crippen molar-refractivity contribution in [3.05, 3.63) is 28.1 Å². The van der Waals surface area contributed by atoms with Crippen LogP contribution in [0.2, 0.25) is 0 Å². The molecule has 108 valence electrons. The van der Waals surface area contributed by atoms with Crippen molar-refractivity contribution in [2.45, 2.75) is 19.9 Å². The van der Waals surface area contributed by atoms with E-state index in [2.05, 4.69) is 4.98 Å². The zero-order valence-corrected chi connectivity index (χ0v) is 12.1. The van der Waals surface area contributed by atoms with Gasteiger partial charge in [0.05, 0.1) is 11.7 Å². The molecule has 1 N–H and O–H groups in total. The lowest BCUT2D eigenvalue weighted by Gasteiger charge is -2.20. The quantitative estimate of drug-likeness (QED) is 0.850. The predicted octanol–water partition coefficient (Wildman–Crippen LogP) is 0.689. The van der Waals surface area contributed by atoms with E-state index in [1.54, 1.807) is 11.0 Å². The van der Waals surface area contributed by atoms with Gasteiger partial charge in [0.2, 0.25) is 5.91 Å². The first kappa shape index (κ1) is 14.7. The van der Waals surface area contributed by atoms with E-state index in [1.807, 2.05) is 12.3 Å². The minimum atomic E-state index is -0.192. The van der Waals surface area contributed by atoms with Crippen LogP contribution in [0, 0.1) is 0 Å². The number of rotatable bonds is 6. The van der Waals surface area contributed by atoms with Crippen LogP contribution in [0.4, 0.5) is 0 Å². The summed E-state index contributed by atoms with van der Waals surface area (Å²) in [5.41, 5.74) is -0.192. The van der Waals surface area contributed by atoms with Crippen molar-refractivity contribution in [3.63, 3.8) is 0 Å². The number of aliphatic hydroxyl groups is 1. The molecule has 0 aliphatic rings. The molecule has 0 spiro atoms. The summed E-state index contributed by atoms with van der Waals surface area (Å²) in [6.45, 7) is 2.96. The zero-order chi connectivity index (χ0) is 14.5. The molecule has 0 bridgehead atoms. The largest absolute Gasteiger partial charge is 0.396 e. The minimum absolute atomic E-state index is 0.0170. The highest BCUT2D eigenvalue weighted by molar-refractivity contribution is 7.16. The fourth-order valence-electron chi connectivity index (χ4n) is 1.97. The molecule has 7 heteroatoms. The van der Waals surface area contributed by atoms with E-state index < -0.39 is 0 Å². The number of amides is 1. The summed E-state index contributed by atoms with van der Waals surface area (Å²) in [4.78, 5) is 30.8. The van der Waals surface area contributed by atoms with Gasteiger partial charge in [0.1, 0.15) is 11.4 Å². The third-order valence-corrected chi connectivity index (χ3v) is 3.90. The molecule has 2 rings (SSSR count). The number of hydrogen-bond donors (Lipinski definition) is 1. The van der Waals surface area contributed by atoms with Gasteiger partial charge in [-0.1, -0.05) is 0 Å². The van der Waals surface area contributed by atoms with Crippen LogP contribution in [0.5, 0.6) is 0 Å². The van der Waals surface area contributed by atoms with Gasteiger partial charge in [-0.05, 0) is 24.8 Å². The maximum Gasteiger partial charge on any atom is 0.262 e. The summed E-state index contributed by atoms with van der Waals surface area (Å²) in [5.74, 6) is -0.139. The summed E-state index contributed by atoms with van der Waals surface area (Å²) in [5, 5.41) is 11.2. The third-order valence-electron chi connectivity index (χ3n) is 3.08. The Hall–Kier alpha value is -1.73. The van der Waals surface area contributed by atoms with Gasteiger partial charge in [-0.3, -0.25) is 14.2 Å². The second-order valence-electron chi connectivity index (χ2n) is 4.37. The third kappa shape index (κ3) is 3.05. The predicted molar refractivity (Wildman–Crippen MR) is 77.8 cm³/mol. The lowest BCUT2D eigenvalue weighted by atomic mass is 10.3. The lowest BCUT2D eigenvalue weighted by Crippen LogP contribution is -2.37. The zero-order valence-electron chi connectivity index (χ0n) is 11.3. The van der Waals surface area contributed by atoms with E-state index in [-0.39, 0.29) is 24.6 Å². The van der Waals surface area contributed by atoms with Crippen LogP contribution in [0.3, 0.4) is 0 Å². The first-order valence-electron chi connectivity index (χ1n) is 6.48. The standard InChI is InChI=1S/C13H17N3O3S/c1-2-15(5-3-6-17)11(18)8-16-9-14-12-10(13(16)19)4-7-20-12/h4,7,9,17H,2-3,5-6,8H2,1H3. The van der Waals surface area contributed by atoms with E-state index >= 15 is 0 Å². The fourth-order valence-corrected chi connectivity index (χ4v) is 2.70. The average molecular weight is 295 g/mol. The van der Waals surface area contributed by atoms with E-state index in [4.69, 9.17) is 5.11 Å². The van der Waals surface area contributed by atoms with Crippen LogP contribution in [-0.4, -0.2) is 45.2 Å². The molecule has 0 aliphatic carbocycles. The van der Waals surface area contributed by atoms with Crippen molar-refractivity contribution in [2.75, 3.05) is 19.7 Å². The van der Waals surface area contributed by atoms with Crippen molar-refractivity contribution in [3.8, 4) is 0 Å². The van der Waals surface area contributed by atoms with Crippen molar-refractivity contribution in [1.29, 1.82) is 0 Å². The van der Waals surface area contributed by atoms with Crippen LogP contribution in [0.15, 0.2) is 22.6 Å². The molecule has 2 heterocycles. The molecule has 0 unspecified atom stereocenters. The molecular formula is C13H17N3O3S. The molecule has 0 fully saturated rings. The van der Waals surface area contributed by atoms with Crippen molar-refractivity contribution in [1.82, 2.24) is 14.5 Å². The molecule has 1 amide bonds. The topological polar surface area (TPSA) is 75.4 Å². The van der Waals surface area contributed by atoms with Gasteiger partial charge in [-0.15, -0.1) is 11.3 Å². The maximum absolute atomic E-state index is 12.2. The first-order chi connectivity index (χ1) is 9.67. The van der Waals surface area contributed by atoms with Crippen LogP contribution in [-0.2, 0) is 11.3 Å². The molecule has 0 saturated heterocycles. The summed E-state index contributed by atoms with van der Waals surface area (Å²) < 4.78 is 1.33. The Morgan fingerprint density at radius 3 is 3.05 bits per heavy atom. The molecule has 0 saturated carbocycles. The van der Waals surface area contributed by atoms with Gasteiger partial charge >= 0.3 is 0 Å². The number of thiophene rings is 1. The molecule has 2 aromatic heterocycles. The van der Waals surface area contributed by atoms with E-state index in [0.29, 0.717) is 29.7 Å². The second kappa shape index (κ2) is 6.62. The molecule has 2 aromatic rings. The van der Waals surface area contributed by atoms with Gasteiger partial charge in [-0.2, -0.15) is 0 Å². The Morgan fingerprint density at radius 2 is 2.35 bits per heavy atom. The minimum Gasteiger partial charge on any atom is -0.396 e. The first-order valence-corrected chi connectivity index (χ1v) is 7.36. The molecule has 6 nitrogen and oxygen atoms in total. The summed E-state index contributed by atoms with van der Waals surface area (Å²) in [6.07, 6.45) is 1.95. The van der Waals surface area contributed by atoms with Gasteiger partial charge in [-0.25, -0.2) is 4.98 Å². The number of aromatic nitrogens is 2. The lowest BCUT2D eigenvalue weighted by molar-refractivity contribution is -0.131. The molecule has 20 heavy (non-hydrogen) atoms. The SMILES string of the molecule is CCN(CCCO)C(=O)Cn1cnc2sccc2c1=O. The van der Waals surface area contributed by atoms with E-state index in [0.717, 1.165) is 0 Å². The molecule has 0 aliphatic heterocycles. The Labute approximate surface area is 120 Å². The smallest absolute Gasteiger partial charge is 0.262 e.